The minimum Gasteiger partial charge on any atom is -0.303 e. The van der Waals surface area contributed by atoms with Crippen LogP contribution in [0.25, 0.3) is 0 Å². The first kappa shape index (κ1) is 12.7. The zero-order valence-electron chi connectivity index (χ0n) is 11.3. The second-order valence-electron chi connectivity index (χ2n) is 5.68. The van der Waals surface area contributed by atoms with E-state index < -0.39 is 0 Å². The van der Waals surface area contributed by atoms with Gasteiger partial charge in [-0.15, -0.1) is 11.3 Å². The maximum atomic E-state index is 5.55. The van der Waals surface area contributed by atoms with E-state index in [9.17, 15) is 0 Å². The van der Waals surface area contributed by atoms with Crippen LogP contribution in [0.1, 0.15) is 42.6 Å². The van der Waals surface area contributed by atoms with E-state index in [0.29, 0.717) is 12.1 Å². The average Bonchev–Trinajstić information content (AvgIpc) is 2.88. The molecule has 6 heteroatoms. The van der Waals surface area contributed by atoms with Crippen molar-refractivity contribution >= 4 is 23.6 Å². The van der Waals surface area contributed by atoms with E-state index in [1.807, 2.05) is 22.3 Å². The van der Waals surface area contributed by atoms with Gasteiger partial charge in [-0.05, 0) is 49.3 Å². The van der Waals surface area contributed by atoms with Crippen LogP contribution < -0.4 is 0 Å². The van der Waals surface area contributed by atoms with Crippen LogP contribution in [0.15, 0.2) is 23.8 Å². The molecule has 1 aliphatic heterocycles. The van der Waals surface area contributed by atoms with Crippen molar-refractivity contribution in [2.75, 3.05) is 6.54 Å². The Hall–Kier alpha value is -0.980. The normalized spacial score (nSPS) is 23.5. The van der Waals surface area contributed by atoms with Gasteiger partial charge in [-0.25, -0.2) is 4.68 Å². The fraction of sp³-hybridized carbons (Fsp3) is 0.571. The molecule has 1 unspecified atom stereocenters. The summed E-state index contributed by atoms with van der Waals surface area (Å²) in [5, 5.41) is 6.66. The molecule has 0 spiro atoms. The molecule has 0 amide bonds. The van der Waals surface area contributed by atoms with Gasteiger partial charge in [0.1, 0.15) is 6.33 Å². The summed E-state index contributed by atoms with van der Waals surface area (Å²) >= 11 is 7.41. The highest BCUT2D eigenvalue weighted by Crippen LogP contribution is 2.36. The highest BCUT2D eigenvalue weighted by molar-refractivity contribution is 7.71. The molecule has 0 N–H and O–H groups in total. The standard InChI is InChI=1S/C14H18N4S2/c19-14-17(11-5-6-11)9-15-18(14)10-16-7-1-3-12(16)13-4-2-8-20-13/h2,4,8-9,11-12H,1,3,5-7,10H2. The third kappa shape index (κ3) is 2.25. The molecule has 2 aromatic rings. The van der Waals surface area contributed by atoms with Crippen molar-refractivity contribution < 1.29 is 0 Å². The molecule has 2 aliphatic rings. The summed E-state index contributed by atoms with van der Waals surface area (Å²) in [5.41, 5.74) is 0. The highest BCUT2D eigenvalue weighted by atomic mass is 32.1. The summed E-state index contributed by atoms with van der Waals surface area (Å²) in [5.74, 6) is 0. The van der Waals surface area contributed by atoms with Gasteiger partial charge in [0, 0.05) is 23.5 Å². The number of likely N-dealkylation sites (tertiary alicyclic amines) is 1. The van der Waals surface area contributed by atoms with E-state index in [4.69, 9.17) is 12.2 Å². The van der Waals surface area contributed by atoms with Crippen LogP contribution in [0.2, 0.25) is 0 Å². The lowest BCUT2D eigenvalue weighted by molar-refractivity contribution is 0.192. The molecule has 2 aromatic heterocycles. The molecule has 0 aromatic carbocycles. The predicted octanol–water partition coefficient (Wildman–Crippen LogP) is 3.61. The zero-order chi connectivity index (χ0) is 13.5. The number of nitrogens with zero attached hydrogens (tertiary/aromatic N) is 4. The first-order chi connectivity index (χ1) is 9.83. The molecule has 1 atom stereocenters. The van der Waals surface area contributed by atoms with Crippen LogP contribution in [0.4, 0.5) is 0 Å². The molecular formula is C14H18N4S2. The number of aromatic nitrogens is 3. The molecule has 0 bridgehead atoms. The fourth-order valence-electron chi connectivity index (χ4n) is 3.02. The van der Waals surface area contributed by atoms with Gasteiger partial charge < -0.3 is 4.57 Å². The SMILES string of the molecule is S=c1n(C2CC2)cnn1CN1CCCC1c1cccs1. The Morgan fingerprint density at radius 1 is 1.35 bits per heavy atom. The fourth-order valence-corrected chi connectivity index (χ4v) is 4.22. The lowest BCUT2D eigenvalue weighted by atomic mass is 10.2. The van der Waals surface area contributed by atoms with Crippen molar-refractivity contribution in [3.05, 3.63) is 33.5 Å². The summed E-state index contributed by atoms with van der Waals surface area (Å²) in [6.07, 6.45) is 6.93. The number of hydrogen-bond donors (Lipinski definition) is 0. The topological polar surface area (TPSA) is 26.0 Å². The summed E-state index contributed by atoms with van der Waals surface area (Å²) in [7, 11) is 0. The molecule has 0 radical (unpaired) electrons. The largest absolute Gasteiger partial charge is 0.303 e. The highest BCUT2D eigenvalue weighted by Gasteiger charge is 2.29. The molecule has 106 valence electrons. The van der Waals surface area contributed by atoms with Crippen molar-refractivity contribution in [2.24, 2.45) is 0 Å². The molecule has 1 saturated carbocycles. The van der Waals surface area contributed by atoms with Gasteiger partial charge in [0.05, 0.1) is 6.67 Å². The van der Waals surface area contributed by atoms with E-state index in [1.165, 1.54) is 30.6 Å². The number of rotatable bonds is 4. The third-order valence-corrected chi connectivity index (χ3v) is 5.64. The second-order valence-corrected chi connectivity index (χ2v) is 7.02. The van der Waals surface area contributed by atoms with Crippen LogP contribution in [-0.2, 0) is 6.67 Å². The molecular weight excluding hydrogens is 288 g/mol. The Kier molecular flexibility index (Phi) is 3.24. The molecule has 4 rings (SSSR count). The van der Waals surface area contributed by atoms with Crippen molar-refractivity contribution in [3.63, 3.8) is 0 Å². The van der Waals surface area contributed by atoms with Crippen LogP contribution in [0, 0.1) is 4.77 Å². The lowest BCUT2D eigenvalue weighted by Gasteiger charge is -2.23. The van der Waals surface area contributed by atoms with Crippen LogP contribution in [0.5, 0.6) is 0 Å². The minimum absolute atomic E-state index is 0.544. The summed E-state index contributed by atoms with van der Waals surface area (Å²) in [6, 6.07) is 5.55. The quantitative estimate of drug-likeness (QED) is 0.807. The minimum atomic E-state index is 0.544. The Balaban J connectivity index is 1.54. The van der Waals surface area contributed by atoms with E-state index in [0.717, 1.165) is 18.0 Å². The van der Waals surface area contributed by atoms with Crippen LogP contribution in [-0.4, -0.2) is 25.8 Å². The summed E-state index contributed by atoms with van der Waals surface area (Å²) in [4.78, 5) is 3.97. The molecule has 1 saturated heterocycles. The average molecular weight is 306 g/mol. The molecule has 3 heterocycles. The van der Waals surface area contributed by atoms with E-state index >= 15 is 0 Å². The van der Waals surface area contributed by atoms with Gasteiger partial charge >= 0.3 is 0 Å². The Labute approximate surface area is 127 Å². The van der Waals surface area contributed by atoms with Crippen molar-refractivity contribution in [3.8, 4) is 0 Å². The van der Waals surface area contributed by atoms with Gasteiger partial charge in [0.15, 0.2) is 4.77 Å². The molecule has 20 heavy (non-hydrogen) atoms. The van der Waals surface area contributed by atoms with E-state index in [-0.39, 0.29) is 0 Å². The zero-order valence-corrected chi connectivity index (χ0v) is 12.9. The molecule has 4 nitrogen and oxygen atoms in total. The van der Waals surface area contributed by atoms with Crippen LogP contribution >= 0.6 is 23.6 Å². The number of thiophene rings is 1. The molecule has 2 fully saturated rings. The first-order valence-corrected chi connectivity index (χ1v) is 8.53. The monoisotopic (exact) mass is 306 g/mol. The maximum Gasteiger partial charge on any atom is 0.199 e. The van der Waals surface area contributed by atoms with Gasteiger partial charge in [0.2, 0.25) is 0 Å². The lowest BCUT2D eigenvalue weighted by Crippen LogP contribution is -2.26. The summed E-state index contributed by atoms with van der Waals surface area (Å²) < 4.78 is 5.02. The van der Waals surface area contributed by atoms with Crippen LogP contribution in [0.3, 0.4) is 0 Å². The van der Waals surface area contributed by atoms with Gasteiger partial charge in [0.25, 0.3) is 0 Å². The van der Waals surface area contributed by atoms with Gasteiger partial charge in [-0.2, -0.15) is 5.10 Å². The van der Waals surface area contributed by atoms with E-state index in [2.05, 4.69) is 32.1 Å². The Bertz CT molecular complexity index is 638. The third-order valence-electron chi connectivity index (χ3n) is 4.25. The van der Waals surface area contributed by atoms with Crippen molar-refractivity contribution in [2.45, 2.75) is 44.4 Å². The van der Waals surface area contributed by atoms with Gasteiger partial charge in [-0.3, -0.25) is 4.90 Å². The van der Waals surface area contributed by atoms with E-state index in [1.54, 1.807) is 0 Å². The Morgan fingerprint density at radius 2 is 2.25 bits per heavy atom. The summed E-state index contributed by atoms with van der Waals surface area (Å²) in [6.45, 7) is 1.96. The van der Waals surface area contributed by atoms with Gasteiger partial charge in [-0.1, -0.05) is 6.07 Å². The smallest absolute Gasteiger partial charge is 0.199 e. The second kappa shape index (κ2) is 5.09. The van der Waals surface area contributed by atoms with Crippen molar-refractivity contribution in [1.29, 1.82) is 0 Å². The Morgan fingerprint density at radius 3 is 3.00 bits per heavy atom. The predicted molar refractivity (Wildman–Crippen MR) is 82.3 cm³/mol. The maximum absolute atomic E-state index is 5.55. The van der Waals surface area contributed by atoms with Crippen molar-refractivity contribution in [1.82, 2.24) is 19.2 Å². The number of hydrogen-bond acceptors (Lipinski definition) is 4. The first-order valence-electron chi connectivity index (χ1n) is 7.24. The molecule has 1 aliphatic carbocycles.